The number of carbonyl (C=O) groups is 2. The highest BCUT2D eigenvalue weighted by Gasteiger charge is 2.53. The molecule has 1 fully saturated rings. The smallest absolute Gasteiger partial charge is 0.394 e. The molecule has 25 heavy (non-hydrogen) atoms. The molecule has 0 saturated carbocycles. The van der Waals surface area contributed by atoms with Crippen LogP contribution in [0.4, 0.5) is 18.0 Å². The summed E-state index contributed by atoms with van der Waals surface area (Å²) in [5.41, 5.74) is 1.38. The van der Waals surface area contributed by atoms with Gasteiger partial charge in [0.05, 0.1) is 17.5 Å². The number of hydrogen-bond donors (Lipinski definition) is 2. The van der Waals surface area contributed by atoms with E-state index in [0.717, 1.165) is 4.90 Å². The zero-order valence-electron chi connectivity index (χ0n) is 13.9. The Balaban J connectivity index is 2.05. The predicted octanol–water partition coefficient (Wildman–Crippen LogP) is 2.20. The lowest BCUT2D eigenvalue weighted by atomic mass is 9.96. The fourth-order valence-corrected chi connectivity index (χ4v) is 2.97. The van der Waals surface area contributed by atoms with Gasteiger partial charge in [0.15, 0.2) is 0 Å². The average molecular weight is 363 g/mol. The molecule has 1 saturated heterocycles. The lowest BCUT2D eigenvalue weighted by Crippen LogP contribution is -2.39. The number of aryl methyl sites for hydroxylation is 2. The monoisotopic (exact) mass is 363 g/mol. The lowest BCUT2D eigenvalue weighted by Gasteiger charge is -2.18. The van der Waals surface area contributed by atoms with Crippen LogP contribution < -0.4 is 5.32 Å². The Morgan fingerprint density at radius 2 is 2.00 bits per heavy atom. The average Bonchev–Trinajstić information content (AvgIpc) is 3.15. The van der Waals surface area contributed by atoms with Gasteiger partial charge in [-0.05, 0) is 6.42 Å². The Hall–Kier alpha value is -2.26. The first kappa shape index (κ1) is 19.1. The van der Waals surface area contributed by atoms with Gasteiger partial charge in [-0.3, -0.25) is 4.79 Å². The molecule has 0 bridgehead atoms. The van der Waals surface area contributed by atoms with Crippen molar-refractivity contribution in [1.29, 1.82) is 0 Å². The zero-order valence-corrected chi connectivity index (χ0v) is 13.9. The number of carboxylic acids is 1. The van der Waals surface area contributed by atoms with Crippen molar-refractivity contribution in [1.82, 2.24) is 15.4 Å². The zero-order chi connectivity index (χ0) is 18.8. The molecule has 0 spiro atoms. The summed E-state index contributed by atoms with van der Waals surface area (Å²) in [6.45, 7) is 2.65. The van der Waals surface area contributed by atoms with Gasteiger partial charge in [0.1, 0.15) is 5.76 Å². The Morgan fingerprint density at radius 1 is 1.32 bits per heavy atom. The maximum atomic E-state index is 13.0. The van der Waals surface area contributed by atoms with Gasteiger partial charge in [-0.15, -0.1) is 0 Å². The highest BCUT2D eigenvalue weighted by molar-refractivity contribution is 5.77. The number of alkyl halides is 3. The van der Waals surface area contributed by atoms with E-state index in [1.165, 1.54) is 0 Å². The first-order chi connectivity index (χ1) is 11.7. The predicted molar refractivity (Wildman–Crippen MR) is 79.7 cm³/mol. The topological polar surface area (TPSA) is 95.7 Å². The highest BCUT2D eigenvalue weighted by Crippen LogP contribution is 2.37. The number of aromatic nitrogens is 1. The van der Waals surface area contributed by atoms with Gasteiger partial charge < -0.3 is 19.8 Å². The molecule has 2 atom stereocenters. The fourth-order valence-electron chi connectivity index (χ4n) is 2.97. The molecule has 2 N–H and O–H groups in total. The highest BCUT2D eigenvalue weighted by atomic mass is 19.4. The summed E-state index contributed by atoms with van der Waals surface area (Å²) in [7, 11) is 0. The van der Waals surface area contributed by atoms with E-state index in [0.29, 0.717) is 29.9 Å². The second-order valence-electron chi connectivity index (χ2n) is 5.89. The largest absolute Gasteiger partial charge is 0.481 e. The van der Waals surface area contributed by atoms with E-state index in [1.807, 2.05) is 13.8 Å². The molecule has 1 aliphatic heterocycles. The fraction of sp³-hybridized carbons (Fsp3) is 0.667. The third kappa shape index (κ3) is 4.05. The molecule has 2 amide bonds. The SMILES string of the molecule is CCc1noc(CC)c1CNC(=O)N1C[C@@H](C(F)(F)F)[C@H](C(=O)O)C1. The summed E-state index contributed by atoms with van der Waals surface area (Å²) in [4.78, 5) is 24.1. The van der Waals surface area contributed by atoms with Gasteiger partial charge in [-0.25, -0.2) is 4.79 Å². The van der Waals surface area contributed by atoms with Crippen LogP contribution in [0.5, 0.6) is 0 Å². The molecular formula is C15H20F3N3O4. The van der Waals surface area contributed by atoms with Crippen molar-refractivity contribution in [2.45, 2.75) is 39.4 Å². The van der Waals surface area contributed by atoms with Crippen LogP contribution in [0.15, 0.2) is 4.52 Å². The van der Waals surface area contributed by atoms with Crippen LogP contribution in [-0.4, -0.2) is 46.4 Å². The quantitative estimate of drug-likeness (QED) is 0.836. The van der Waals surface area contributed by atoms with Crippen LogP contribution in [0, 0.1) is 11.8 Å². The number of urea groups is 1. The van der Waals surface area contributed by atoms with Crippen LogP contribution in [0.1, 0.15) is 30.9 Å². The number of hydrogen-bond acceptors (Lipinski definition) is 4. The molecule has 2 rings (SSSR count). The van der Waals surface area contributed by atoms with Gasteiger partial charge >= 0.3 is 18.2 Å². The molecule has 10 heteroatoms. The second-order valence-corrected chi connectivity index (χ2v) is 5.89. The summed E-state index contributed by atoms with van der Waals surface area (Å²) in [5.74, 6) is -4.67. The number of carboxylic acid groups (broad SMARTS) is 1. The van der Waals surface area contributed by atoms with Crippen LogP contribution in [0.3, 0.4) is 0 Å². The van der Waals surface area contributed by atoms with E-state index in [2.05, 4.69) is 10.5 Å². The number of carbonyl (C=O) groups excluding carboxylic acids is 1. The van der Waals surface area contributed by atoms with Crippen molar-refractivity contribution in [3.8, 4) is 0 Å². The molecule has 140 valence electrons. The number of rotatable bonds is 5. The minimum atomic E-state index is -4.67. The summed E-state index contributed by atoms with van der Waals surface area (Å²) < 4.78 is 44.1. The lowest BCUT2D eigenvalue weighted by molar-refractivity contribution is -0.187. The third-order valence-corrected chi connectivity index (χ3v) is 4.37. The van der Waals surface area contributed by atoms with E-state index < -0.39 is 43.1 Å². The molecule has 1 aliphatic rings. The first-order valence-corrected chi connectivity index (χ1v) is 7.97. The van der Waals surface area contributed by atoms with Crippen LogP contribution in [0.25, 0.3) is 0 Å². The summed E-state index contributed by atoms with van der Waals surface area (Å²) in [6.07, 6.45) is -3.51. The summed E-state index contributed by atoms with van der Waals surface area (Å²) in [6, 6.07) is -0.733. The van der Waals surface area contributed by atoms with Crippen molar-refractivity contribution in [2.24, 2.45) is 11.8 Å². The number of likely N-dealkylation sites (tertiary alicyclic amines) is 1. The molecule has 0 aliphatic carbocycles. The number of amides is 2. The van der Waals surface area contributed by atoms with Crippen molar-refractivity contribution in [3.05, 3.63) is 17.0 Å². The van der Waals surface area contributed by atoms with Gasteiger partial charge in [0, 0.05) is 31.6 Å². The first-order valence-electron chi connectivity index (χ1n) is 7.97. The normalized spacial score (nSPS) is 20.8. The van der Waals surface area contributed by atoms with Crippen LogP contribution >= 0.6 is 0 Å². The van der Waals surface area contributed by atoms with Crippen molar-refractivity contribution in [2.75, 3.05) is 13.1 Å². The molecule has 7 nitrogen and oxygen atoms in total. The van der Waals surface area contributed by atoms with E-state index in [4.69, 9.17) is 9.63 Å². The Bertz CT molecular complexity index is 623. The molecule has 1 aromatic heterocycles. The van der Waals surface area contributed by atoms with E-state index in [-0.39, 0.29) is 6.54 Å². The van der Waals surface area contributed by atoms with Crippen LogP contribution in [-0.2, 0) is 24.2 Å². The van der Waals surface area contributed by atoms with Crippen LogP contribution in [0.2, 0.25) is 0 Å². The second kappa shape index (κ2) is 7.32. The van der Waals surface area contributed by atoms with E-state index in [9.17, 15) is 22.8 Å². The van der Waals surface area contributed by atoms with Gasteiger partial charge in [-0.2, -0.15) is 13.2 Å². The molecule has 0 aromatic carbocycles. The van der Waals surface area contributed by atoms with Gasteiger partial charge in [0.25, 0.3) is 0 Å². The van der Waals surface area contributed by atoms with Crippen molar-refractivity contribution >= 4 is 12.0 Å². The van der Waals surface area contributed by atoms with Gasteiger partial charge in [0.2, 0.25) is 0 Å². The maximum absolute atomic E-state index is 13.0. The minimum absolute atomic E-state index is 0.0691. The number of halogens is 3. The maximum Gasteiger partial charge on any atom is 0.394 e. The molecule has 2 heterocycles. The number of nitrogens with one attached hydrogen (secondary N) is 1. The van der Waals surface area contributed by atoms with E-state index in [1.54, 1.807) is 0 Å². The van der Waals surface area contributed by atoms with Crippen molar-refractivity contribution < 1.29 is 32.4 Å². The number of nitrogens with zero attached hydrogens (tertiary/aromatic N) is 2. The van der Waals surface area contributed by atoms with Gasteiger partial charge in [-0.1, -0.05) is 19.0 Å². The molecule has 0 radical (unpaired) electrons. The minimum Gasteiger partial charge on any atom is -0.481 e. The standard InChI is InChI=1S/C15H20F3N3O4/c1-3-11-8(12(4-2)25-20-11)5-19-14(24)21-6-9(13(22)23)10(7-21)15(16,17)18/h9-10H,3-7H2,1-2H3,(H,19,24)(H,22,23)/t9-,10-/m1/s1. The molecule has 1 aromatic rings. The third-order valence-electron chi connectivity index (χ3n) is 4.37. The Labute approximate surface area is 142 Å². The Morgan fingerprint density at radius 3 is 2.48 bits per heavy atom. The van der Waals surface area contributed by atoms with Crippen molar-refractivity contribution in [3.63, 3.8) is 0 Å². The number of aliphatic carboxylic acids is 1. The molecule has 0 unspecified atom stereocenters. The summed E-state index contributed by atoms with van der Waals surface area (Å²) >= 11 is 0. The molecular weight excluding hydrogens is 343 g/mol. The van der Waals surface area contributed by atoms with E-state index >= 15 is 0 Å². The summed E-state index contributed by atoms with van der Waals surface area (Å²) in [5, 5.41) is 15.4. The Kier molecular flexibility index (Phi) is 5.58.